The molecule has 0 heterocycles. The first-order valence-electron chi connectivity index (χ1n) is 12.6. The zero-order valence-corrected chi connectivity index (χ0v) is 24.0. The fraction of sp³-hybridized carbons (Fsp3) is 0.310. The zero-order valence-electron chi connectivity index (χ0n) is 22.4. The molecular formula is C29H33ClFN3O4S. The van der Waals surface area contributed by atoms with Crippen molar-refractivity contribution in [3.63, 3.8) is 0 Å². The molecule has 0 bridgehead atoms. The molecule has 3 aromatic rings. The van der Waals surface area contributed by atoms with Gasteiger partial charge in [-0.1, -0.05) is 54.9 Å². The summed E-state index contributed by atoms with van der Waals surface area (Å²) in [5, 5.41) is 3.18. The molecule has 0 aliphatic rings. The minimum absolute atomic E-state index is 0.00447. The Balaban J connectivity index is 2.05. The van der Waals surface area contributed by atoms with Crippen LogP contribution in [0, 0.1) is 12.7 Å². The van der Waals surface area contributed by atoms with E-state index in [1.165, 1.54) is 47.4 Å². The van der Waals surface area contributed by atoms with E-state index < -0.39 is 34.3 Å². The van der Waals surface area contributed by atoms with Crippen molar-refractivity contribution in [1.82, 2.24) is 10.2 Å². The second-order valence-electron chi connectivity index (χ2n) is 9.40. The first-order valence-corrected chi connectivity index (χ1v) is 14.4. The van der Waals surface area contributed by atoms with Crippen molar-refractivity contribution in [3.8, 4) is 0 Å². The lowest BCUT2D eigenvalue weighted by atomic mass is 10.1. The molecule has 0 unspecified atom stereocenters. The van der Waals surface area contributed by atoms with Crippen molar-refractivity contribution in [1.29, 1.82) is 0 Å². The Morgan fingerprint density at radius 2 is 1.64 bits per heavy atom. The molecule has 0 aliphatic carbocycles. The SMILES string of the molecule is CC[C@H](C)NC(=O)[C@H](C)N(Cc1ccc(F)cc1)C(=O)CN(c1cc(Cl)ccc1C)S(=O)(=O)c1ccccc1. The lowest BCUT2D eigenvalue weighted by molar-refractivity contribution is -0.139. The van der Waals surface area contributed by atoms with Crippen LogP contribution in [0.25, 0.3) is 0 Å². The van der Waals surface area contributed by atoms with Crippen molar-refractivity contribution in [2.75, 3.05) is 10.8 Å². The predicted octanol–water partition coefficient (Wildman–Crippen LogP) is 5.31. The van der Waals surface area contributed by atoms with Gasteiger partial charge in [-0.2, -0.15) is 0 Å². The van der Waals surface area contributed by atoms with Crippen molar-refractivity contribution in [2.24, 2.45) is 0 Å². The van der Waals surface area contributed by atoms with Gasteiger partial charge in [0, 0.05) is 17.6 Å². The summed E-state index contributed by atoms with van der Waals surface area (Å²) in [5.41, 5.74) is 1.43. The van der Waals surface area contributed by atoms with Crippen LogP contribution in [0.5, 0.6) is 0 Å². The summed E-state index contributed by atoms with van der Waals surface area (Å²) >= 11 is 6.23. The van der Waals surface area contributed by atoms with Gasteiger partial charge < -0.3 is 10.2 Å². The van der Waals surface area contributed by atoms with Gasteiger partial charge >= 0.3 is 0 Å². The van der Waals surface area contributed by atoms with Crippen LogP contribution in [-0.4, -0.2) is 43.8 Å². The van der Waals surface area contributed by atoms with Crippen LogP contribution >= 0.6 is 11.6 Å². The highest BCUT2D eigenvalue weighted by atomic mass is 35.5. The lowest BCUT2D eigenvalue weighted by Gasteiger charge is -2.33. The molecule has 0 spiro atoms. The monoisotopic (exact) mass is 573 g/mol. The van der Waals surface area contributed by atoms with E-state index in [4.69, 9.17) is 11.6 Å². The number of aryl methyl sites for hydroxylation is 1. The Morgan fingerprint density at radius 1 is 1.00 bits per heavy atom. The molecule has 1 N–H and O–H groups in total. The topological polar surface area (TPSA) is 86.8 Å². The van der Waals surface area contributed by atoms with E-state index in [2.05, 4.69) is 5.32 Å². The average Bonchev–Trinajstić information content (AvgIpc) is 2.92. The number of hydrogen-bond donors (Lipinski definition) is 1. The number of nitrogens with zero attached hydrogens (tertiary/aromatic N) is 2. The van der Waals surface area contributed by atoms with Crippen molar-refractivity contribution < 1.29 is 22.4 Å². The van der Waals surface area contributed by atoms with E-state index in [0.29, 0.717) is 22.6 Å². The fourth-order valence-corrected chi connectivity index (χ4v) is 5.58. The first-order chi connectivity index (χ1) is 18.4. The van der Waals surface area contributed by atoms with Crippen LogP contribution in [0.2, 0.25) is 5.02 Å². The van der Waals surface area contributed by atoms with Gasteiger partial charge in [-0.25, -0.2) is 12.8 Å². The molecule has 0 radical (unpaired) electrons. The van der Waals surface area contributed by atoms with Crippen LogP contribution in [-0.2, 0) is 26.2 Å². The molecule has 3 rings (SSSR count). The van der Waals surface area contributed by atoms with Gasteiger partial charge in [-0.05, 0) is 74.7 Å². The number of halogens is 2. The third-order valence-corrected chi connectivity index (χ3v) is 8.49. The molecule has 0 fully saturated rings. The molecular weight excluding hydrogens is 541 g/mol. The quantitative estimate of drug-likeness (QED) is 0.337. The van der Waals surface area contributed by atoms with Gasteiger partial charge in [0.05, 0.1) is 10.6 Å². The third kappa shape index (κ3) is 7.58. The second kappa shape index (κ2) is 13.1. The van der Waals surface area contributed by atoms with Crippen LogP contribution in [0.3, 0.4) is 0 Å². The molecule has 2 amide bonds. The van der Waals surface area contributed by atoms with Crippen molar-refractivity contribution >= 4 is 39.1 Å². The van der Waals surface area contributed by atoms with Crippen molar-refractivity contribution in [2.45, 2.75) is 57.6 Å². The van der Waals surface area contributed by atoms with E-state index in [-0.39, 0.29) is 29.1 Å². The highest BCUT2D eigenvalue weighted by molar-refractivity contribution is 7.92. The van der Waals surface area contributed by atoms with Crippen LogP contribution in [0.1, 0.15) is 38.3 Å². The summed E-state index contributed by atoms with van der Waals surface area (Å²) in [4.78, 5) is 28.3. The van der Waals surface area contributed by atoms with Gasteiger partial charge in [-0.15, -0.1) is 0 Å². The maximum Gasteiger partial charge on any atom is 0.264 e. The standard InChI is InChI=1S/C29H33ClFN3O4S/c1-5-21(3)32-29(36)22(4)33(18-23-12-15-25(31)16-13-23)28(35)19-34(27-17-24(30)14-11-20(27)2)39(37,38)26-9-7-6-8-10-26/h6-17,21-22H,5,18-19H2,1-4H3,(H,32,36)/t21-,22-/m0/s1. The number of carbonyl (C=O) groups excluding carboxylic acids is 2. The molecule has 0 saturated heterocycles. The minimum Gasteiger partial charge on any atom is -0.352 e. The molecule has 0 saturated carbocycles. The third-order valence-electron chi connectivity index (χ3n) is 6.48. The molecule has 39 heavy (non-hydrogen) atoms. The summed E-state index contributed by atoms with van der Waals surface area (Å²) in [6.07, 6.45) is 0.696. The number of amides is 2. The van der Waals surface area contributed by atoms with Gasteiger partial charge in [0.15, 0.2) is 0 Å². The smallest absolute Gasteiger partial charge is 0.264 e. The normalized spacial score (nSPS) is 12.9. The van der Waals surface area contributed by atoms with E-state index >= 15 is 0 Å². The number of hydrogen-bond acceptors (Lipinski definition) is 4. The van der Waals surface area contributed by atoms with E-state index in [1.807, 2.05) is 13.8 Å². The molecule has 0 aliphatic heterocycles. The highest BCUT2D eigenvalue weighted by Crippen LogP contribution is 2.30. The second-order valence-corrected chi connectivity index (χ2v) is 11.7. The summed E-state index contributed by atoms with van der Waals surface area (Å²) in [5.74, 6) is -1.42. The Bertz CT molecular complexity index is 1400. The molecule has 208 valence electrons. The van der Waals surface area contributed by atoms with Gasteiger partial charge in [0.2, 0.25) is 11.8 Å². The van der Waals surface area contributed by atoms with E-state index in [0.717, 1.165) is 4.31 Å². The molecule has 2 atom stereocenters. The van der Waals surface area contributed by atoms with E-state index in [9.17, 15) is 22.4 Å². The Morgan fingerprint density at radius 3 is 2.26 bits per heavy atom. The number of nitrogens with one attached hydrogen (secondary N) is 1. The molecule has 3 aromatic carbocycles. The number of sulfonamides is 1. The average molecular weight is 574 g/mol. The number of carbonyl (C=O) groups is 2. The van der Waals surface area contributed by atoms with Crippen LogP contribution < -0.4 is 9.62 Å². The number of benzene rings is 3. The summed E-state index contributed by atoms with van der Waals surface area (Å²) in [6.45, 7) is 6.48. The Labute approximate surface area is 234 Å². The summed E-state index contributed by atoms with van der Waals surface area (Å²) < 4.78 is 42.2. The Hall–Kier alpha value is -3.43. The van der Waals surface area contributed by atoms with Gasteiger partial charge in [0.25, 0.3) is 10.0 Å². The van der Waals surface area contributed by atoms with Crippen LogP contribution in [0.4, 0.5) is 10.1 Å². The Kier molecular flexibility index (Phi) is 10.1. The van der Waals surface area contributed by atoms with Crippen molar-refractivity contribution in [3.05, 3.63) is 94.8 Å². The number of rotatable bonds is 11. The maximum atomic E-state index is 13.9. The predicted molar refractivity (Wildman–Crippen MR) is 151 cm³/mol. The molecule has 10 heteroatoms. The largest absolute Gasteiger partial charge is 0.352 e. The fourth-order valence-electron chi connectivity index (χ4n) is 3.92. The maximum absolute atomic E-state index is 13.9. The van der Waals surface area contributed by atoms with E-state index in [1.54, 1.807) is 44.2 Å². The highest BCUT2D eigenvalue weighted by Gasteiger charge is 2.33. The lowest BCUT2D eigenvalue weighted by Crippen LogP contribution is -2.52. The summed E-state index contributed by atoms with van der Waals surface area (Å²) in [6, 6.07) is 17.1. The van der Waals surface area contributed by atoms with Gasteiger partial charge in [0.1, 0.15) is 18.4 Å². The van der Waals surface area contributed by atoms with Crippen LogP contribution in [0.15, 0.2) is 77.7 Å². The molecule has 0 aromatic heterocycles. The molecule has 7 nitrogen and oxygen atoms in total. The van der Waals surface area contributed by atoms with Gasteiger partial charge in [-0.3, -0.25) is 13.9 Å². The zero-order chi connectivity index (χ0) is 28.7. The summed E-state index contributed by atoms with van der Waals surface area (Å²) in [7, 11) is -4.19. The number of anilines is 1. The first kappa shape index (κ1) is 30.1. The minimum atomic E-state index is -4.19.